The van der Waals surface area contributed by atoms with Crippen LogP contribution in [0.5, 0.6) is 0 Å². The first-order valence-electron chi connectivity index (χ1n) is 11.0. The predicted octanol–water partition coefficient (Wildman–Crippen LogP) is 5.69. The van der Waals surface area contributed by atoms with Crippen LogP contribution in [0.1, 0.15) is 27.0 Å². The minimum atomic E-state index is -0.530. The average molecular weight is 546 g/mol. The molecule has 184 valence electrons. The fraction of sp³-hybridized carbons (Fsp3) is 0.0741. The lowest BCUT2D eigenvalue weighted by Gasteiger charge is -2.12. The molecule has 4 aromatic rings. The molecule has 0 spiro atoms. The minimum absolute atomic E-state index is 0.0948. The number of hydrogen-bond acceptors (Lipinski definition) is 6. The first-order chi connectivity index (χ1) is 17.9. The summed E-state index contributed by atoms with van der Waals surface area (Å²) >= 11 is 12.8. The van der Waals surface area contributed by atoms with Crippen LogP contribution in [0.3, 0.4) is 0 Å². The molecule has 37 heavy (non-hydrogen) atoms. The van der Waals surface area contributed by atoms with E-state index in [0.29, 0.717) is 27.1 Å². The van der Waals surface area contributed by atoms with Gasteiger partial charge in [0.05, 0.1) is 10.7 Å². The lowest BCUT2D eigenvalue weighted by Crippen LogP contribution is -2.34. The van der Waals surface area contributed by atoms with Gasteiger partial charge in [-0.25, -0.2) is 4.98 Å². The van der Waals surface area contributed by atoms with Gasteiger partial charge >= 0.3 is 0 Å². The number of rotatable bonds is 6. The van der Waals surface area contributed by atoms with Gasteiger partial charge in [-0.2, -0.15) is 5.26 Å². The summed E-state index contributed by atoms with van der Waals surface area (Å²) in [7, 11) is 0. The highest BCUT2D eigenvalue weighted by atomic mass is 35.5. The highest BCUT2D eigenvalue weighted by Gasteiger charge is 2.16. The van der Waals surface area contributed by atoms with Crippen molar-refractivity contribution in [2.45, 2.75) is 17.8 Å². The number of halogens is 1. The number of amides is 1. The number of thioether (sulfide) groups is 1. The quantitative estimate of drug-likeness (QED) is 0.162. The van der Waals surface area contributed by atoms with Crippen LogP contribution in [-0.2, 0) is 5.75 Å². The molecule has 0 bridgehead atoms. The van der Waals surface area contributed by atoms with Crippen molar-refractivity contribution in [3.8, 4) is 17.3 Å². The molecular formula is C27H20ClN5O2S2. The Hall–Kier alpha value is -3.97. The Morgan fingerprint density at radius 1 is 1.11 bits per heavy atom. The van der Waals surface area contributed by atoms with E-state index in [1.54, 1.807) is 36.4 Å². The lowest BCUT2D eigenvalue weighted by atomic mass is 10.1. The Morgan fingerprint density at radius 3 is 2.51 bits per heavy atom. The minimum Gasteiger partial charge on any atom is -0.332 e. The molecule has 3 N–H and O–H groups in total. The van der Waals surface area contributed by atoms with E-state index >= 15 is 0 Å². The first kappa shape index (κ1) is 26.1. The highest BCUT2D eigenvalue weighted by molar-refractivity contribution is 7.98. The number of anilines is 1. The monoisotopic (exact) mass is 545 g/mol. The molecule has 0 atom stereocenters. The van der Waals surface area contributed by atoms with Gasteiger partial charge in [-0.1, -0.05) is 71.9 Å². The van der Waals surface area contributed by atoms with Crippen LogP contribution in [0.15, 0.2) is 82.7 Å². The zero-order valence-corrected chi connectivity index (χ0v) is 21.9. The van der Waals surface area contributed by atoms with E-state index in [1.807, 2.05) is 49.4 Å². The molecule has 7 nitrogen and oxygen atoms in total. The zero-order chi connectivity index (χ0) is 26.4. The van der Waals surface area contributed by atoms with Gasteiger partial charge in [-0.3, -0.25) is 14.9 Å². The number of carbonyl (C=O) groups is 1. The number of aromatic nitrogens is 2. The summed E-state index contributed by atoms with van der Waals surface area (Å²) in [4.78, 5) is 32.2. The number of H-pyrrole nitrogens is 1. The molecule has 1 heterocycles. The Balaban J connectivity index is 1.42. The third-order valence-corrected chi connectivity index (χ3v) is 6.83. The van der Waals surface area contributed by atoms with E-state index in [1.165, 1.54) is 11.8 Å². The Kier molecular flexibility index (Phi) is 8.36. The second-order valence-electron chi connectivity index (χ2n) is 7.90. The summed E-state index contributed by atoms with van der Waals surface area (Å²) < 4.78 is 0. The molecular weight excluding hydrogens is 526 g/mol. The third kappa shape index (κ3) is 6.43. The van der Waals surface area contributed by atoms with Crippen molar-refractivity contribution in [1.29, 1.82) is 5.26 Å². The number of nitrogens with zero attached hydrogens (tertiary/aromatic N) is 2. The van der Waals surface area contributed by atoms with Crippen molar-refractivity contribution in [2.24, 2.45) is 0 Å². The van der Waals surface area contributed by atoms with Crippen LogP contribution >= 0.6 is 35.6 Å². The van der Waals surface area contributed by atoms with Crippen molar-refractivity contribution in [3.05, 3.63) is 110 Å². The maximum Gasteiger partial charge on any atom is 0.270 e. The first-order valence-corrected chi connectivity index (χ1v) is 12.8. The van der Waals surface area contributed by atoms with Crippen LogP contribution in [0.2, 0.25) is 5.02 Å². The van der Waals surface area contributed by atoms with Crippen LogP contribution < -0.4 is 16.2 Å². The number of nitrogens with one attached hydrogen (secondary N) is 3. The third-order valence-electron chi connectivity index (χ3n) is 5.35. The van der Waals surface area contributed by atoms with Gasteiger partial charge in [0.1, 0.15) is 11.6 Å². The number of carbonyl (C=O) groups excluding carboxylic acids is 1. The van der Waals surface area contributed by atoms with E-state index in [2.05, 4.69) is 20.6 Å². The molecule has 0 saturated carbocycles. The van der Waals surface area contributed by atoms with E-state index < -0.39 is 5.56 Å². The molecule has 1 aromatic heterocycles. The highest BCUT2D eigenvalue weighted by Crippen LogP contribution is 2.29. The van der Waals surface area contributed by atoms with Crippen LogP contribution in [0.4, 0.5) is 5.69 Å². The molecule has 0 aliphatic rings. The summed E-state index contributed by atoms with van der Waals surface area (Å²) in [6.07, 6.45) is 0. The van der Waals surface area contributed by atoms with Gasteiger partial charge in [0, 0.05) is 22.6 Å². The number of aryl methyl sites for hydroxylation is 1. The molecule has 0 fully saturated rings. The summed E-state index contributed by atoms with van der Waals surface area (Å²) in [6, 6.07) is 23.5. The molecule has 1 amide bonds. The number of aromatic amines is 1. The van der Waals surface area contributed by atoms with Gasteiger partial charge in [0.2, 0.25) is 0 Å². The number of para-hydroxylation sites is 1. The maximum absolute atomic E-state index is 12.6. The van der Waals surface area contributed by atoms with Crippen LogP contribution in [0, 0.1) is 18.3 Å². The molecule has 4 rings (SSSR count). The van der Waals surface area contributed by atoms with Crippen molar-refractivity contribution in [3.63, 3.8) is 0 Å². The maximum atomic E-state index is 12.6. The summed E-state index contributed by atoms with van der Waals surface area (Å²) in [5, 5.41) is 16.1. The zero-order valence-electron chi connectivity index (χ0n) is 19.5. The van der Waals surface area contributed by atoms with E-state index in [-0.39, 0.29) is 22.3 Å². The van der Waals surface area contributed by atoms with Crippen LogP contribution in [-0.4, -0.2) is 21.0 Å². The second kappa shape index (κ2) is 11.8. The lowest BCUT2D eigenvalue weighted by molar-refractivity contribution is 0.0977. The molecule has 3 aromatic carbocycles. The van der Waals surface area contributed by atoms with Crippen molar-refractivity contribution >= 4 is 52.3 Å². The van der Waals surface area contributed by atoms with Gasteiger partial charge < -0.3 is 10.3 Å². The van der Waals surface area contributed by atoms with E-state index in [0.717, 1.165) is 16.8 Å². The SMILES string of the molecule is Cc1ccccc1NC(=S)NC(=O)c1ccc(CSc2nc(-c3ccccc3Cl)c(C#N)c(=O)[nH]2)cc1. The molecule has 0 saturated heterocycles. The van der Waals surface area contributed by atoms with E-state index in [9.17, 15) is 14.9 Å². The van der Waals surface area contributed by atoms with Crippen molar-refractivity contribution in [1.82, 2.24) is 15.3 Å². The summed E-state index contributed by atoms with van der Waals surface area (Å²) in [5.41, 5.74) is 3.33. The Morgan fingerprint density at radius 2 is 1.81 bits per heavy atom. The van der Waals surface area contributed by atoms with Crippen molar-refractivity contribution in [2.75, 3.05) is 5.32 Å². The van der Waals surface area contributed by atoms with Gasteiger partial charge in [0.25, 0.3) is 11.5 Å². The summed E-state index contributed by atoms with van der Waals surface area (Å²) in [6.45, 7) is 1.95. The normalized spacial score (nSPS) is 10.4. The van der Waals surface area contributed by atoms with Crippen LogP contribution in [0.25, 0.3) is 11.3 Å². The topological polar surface area (TPSA) is 111 Å². The largest absolute Gasteiger partial charge is 0.332 e. The van der Waals surface area contributed by atoms with E-state index in [4.69, 9.17) is 23.8 Å². The smallest absolute Gasteiger partial charge is 0.270 e. The average Bonchev–Trinajstić information content (AvgIpc) is 2.89. The van der Waals surface area contributed by atoms with Gasteiger partial charge in [-0.05, 0) is 54.5 Å². The van der Waals surface area contributed by atoms with Gasteiger partial charge in [-0.15, -0.1) is 0 Å². The molecule has 0 radical (unpaired) electrons. The fourth-order valence-corrected chi connectivity index (χ4v) is 4.66. The number of thiocarbonyl (C=S) groups is 1. The Bertz CT molecular complexity index is 1580. The predicted molar refractivity (Wildman–Crippen MR) is 151 cm³/mol. The molecule has 10 heteroatoms. The second-order valence-corrected chi connectivity index (χ2v) is 9.67. The van der Waals surface area contributed by atoms with Gasteiger partial charge in [0.15, 0.2) is 10.3 Å². The number of hydrogen-bond donors (Lipinski definition) is 3. The van der Waals surface area contributed by atoms with Crippen molar-refractivity contribution < 1.29 is 4.79 Å². The Labute approximate surface area is 227 Å². The standard InChI is InChI=1S/C27H20ClN5O2S2/c1-16-6-2-5-9-22(16)30-26(36)32-24(34)18-12-10-17(11-13-18)15-37-27-31-23(20(14-29)25(35)33-27)19-7-3-4-8-21(19)28/h2-13H,15H2,1H3,(H,31,33,35)(H2,30,32,34,36). The molecule has 0 aliphatic carbocycles. The summed E-state index contributed by atoms with van der Waals surface area (Å²) in [5.74, 6) is 0.152. The molecule has 0 unspecified atom stereocenters. The fourth-order valence-electron chi connectivity index (χ4n) is 3.42. The number of nitriles is 1. The molecule has 0 aliphatic heterocycles. The number of benzene rings is 3.